The highest BCUT2D eigenvalue weighted by Gasteiger charge is 2.36. The Balaban J connectivity index is 1.38. The van der Waals surface area contributed by atoms with Crippen molar-refractivity contribution in [3.63, 3.8) is 0 Å². The van der Waals surface area contributed by atoms with Gasteiger partial charge in [0.05, 0.1) is 24.9 Å². The first-order valence-corrected chi connectivity index (χ1v) is 12.4. The van der Waals surface area contributed by atoms with Gasteiger partial charge in [-0.3, -0.25) is 9.69 Å². The van der Waals surface area contributed by atoms with Crippen LogP contribution >= 0.6 is 0 Å². The maximum atomic E-state index is 12.7. The summed E-state index contributed by atoms with van der Waals surface area (Å²) in [5, 5.41) is 1.08. The molecule has 0 unspecified atom stereocenters. The molecule has 0 bridgehead atoms. The number of esters is 1. The molecule has 8 nitrogen and oxygen atoms in total. The topological polar surface area (TPSA) is 79.4 Å². The van der Waals surface area contributed by atoms with E-state index in [9.17, 15) is 4.79 Å². The molecule has 0 spiro atoms. The van der Waals surface area contributed by atoms with Gasteiger partial charge in [0.2, 0.25) is 0 Å². The first-order valence-electron chi connectivity index (χ1n) is 12.4. The maximum absolute atomic E-state index is 12.7. The molecule has 2 atom stereocenters. The van der Waals surface area contributed by atoms with Crippen LogP contribution in [-0.4, -0.2) is 56.3 Å². The van der Waals surface area contributed by atoms with Crippen molar-refractivity contribution in [3.05, 3.63) is 90.1 Å². The van der Waals surface area contributed by atoms with Gasteiger partial charge in [0.25, 0.3) is 0 Å². The Hall–Kier alpha value is -4.30. The Morgan fingerprint density at radius 1 is 0.974 bits per heavy atom. The largest absolute Gasteiger partial charge is 0.497 e. The van der Waals surface area contributed by atoms with Crippen molar-refractivity contribution < 1.29 is 28.5 Å². The number of para-hydroxylation sites is 1. The lowest BCUT2D eigenvalue weighted by atomic mass is 10.00. The van der Waals surface area contributed by atoms with Crippen molar-refractivity contribution in [1.82, 2.24) is 9.88 Å². The summed E-state index contributed by atoms with van der Waals surface area (Å²) >= 11 is 0. The Morgan fingerprint density at radius 3 is 2.66 bits per heavy atom. The first-order chi connectivity index (χ1) is 18.5. The van der Waals surface area contributed by atoms with Crippen LogP contribution in [0.5, 0.6) is 23.0 Å². The number of fused-ring (bicyclic) bond motifs is 2. The van der Waals surface area contributed by atoms with Crippen LogP contribution in [0.15, 0.2) is 78.9 Å². The summed E-state index contributed by atoms with van der Waals surface area (Å²) in [6, 6.07) is 24.7. The van der Waals surface area contributed by atoms with Gasteiger partial charge in [-0.2, -0.15) is 0 Å². The van der Waals surface area contributed by atoms with Crippen LogP contribution < -0.4 is 18.9 Å². The second-order valence-corrected chi connectivity index (χ2v) is 9.28. The number of likely N-dealkylation sites (N-methyl/N-ethyl adjacent to an activating group) is 1. The predicted octanol–water partition coefficient (Wildman–Crippen LogP) is 4.81. The molecular formula is C30H30N2O6. The van der Waals surface area contributed by atoms with Gasteiger partial charge in [-0.1, -0.05) is 30.3 Å². The number of methoxy groups -OCH3 is 1. The fourth-order valence-electron chi connectivity index (χ4n) is 4.30. The molecular weight excluding hydrogens is 484 g/mol. The van der Waals surface area contributed by atoms with Crippen molar-refractivity contribution in [2.45, 2.75) is 18.8 Å². The second kappa shape index (κ2) is 11.4. The summed E-state index contributed by atoms with van der Waals surface area (Å²) in [7, 11) is 5.23. The van der Waals surface area contributed by atoms with Crippen molar-refractivity contribution in [1.29, 1.82) is 0 Å². The molecule has 1 aliphatic heterocycles. The van der Waals surface area contributed by atoms with E-state index in [2.05, 4.69) is 4.98 Å². The average molecular weight is 515 g/mol. The Labute approximate surface area is 221 Å². The van der Waals surface area contributed by atoms with Crippen LogP contribution in [0.2, 0.25) is 0 Å². The van der Waals surface area contributed by atoms with Crippen molar-refractivity contribution >= 4 is 16.9 Å². The minimum absolute atomic E-state index is 0.141. The van der Waals surface area contributed by atoms with Gasteiger partial charge in [0, 0.05) is 17.0 Å². The molecule has 0 saturated carbocycles. The third kappa shape index (κ3) is 5.98. The SMILES string of the molecule is COc1cccc(O[C@H]2COc3ccc(OCc4ccc5ccccc5n4)cc3[C@H]2OC(=O)CN(C)C)c1. The van der Waals surface area contributed by atoms with E-state index in [0.717, 1.165) is 16.6 Å². The molecule has 38 heavy (non-hydrogen) atoms. The minimum atomic E-state index is -0.695. The molecule has 2 heterocycles. The number of carbonyl (C=O) groups is 1. The zero-order valence-electron chi connectivity index (χ0n) is 21.6. The lowest BCUT2D eigenvalue weighted by Gasteiger charge is -2.33. The van der Waals surface area contributed by atoms with Gasteiger partial charge in [0.1, 0.15) is 36.2 Å². The molecule has 0 fully saturated rings. The van der Waals surface area contributed by atoms with Crippen molar-refractivity contribution in [3.8, 4) is 23.0 Å². The summed E-state index contributed by atoms with van der Waals surface area (Å²) in [5.41, 5.74) is 2.41. The van der Waals surface area contributed by atoms with E-state index in [4.69, 9.17) is 23.7 Å². The number of hydrogen-bond acceptors (Lipinski definition) is 8. The fraction of sp³-hybridized carbons (Fsp3) is 0.267. The zero-order valence-corrected chi connectivity index (χ0v) is 21.6. The van der Waals surface area contributed by atoms with E-state index in [1.54, 1.807) is 18.1 Å². The number of hydrogen-bond donors (Lipinski definition) is 0. The van der Waals surface area contributed by atoms with Crippen molar-refractivity contribution in [2.24, 2.45) is 0 Å². The number of carbonyl (C=O) groups excluding carboxylic acids is 1. The minimum Gasteiger partial charge on any atom is -0.497 e. The summed E-state index contributed by atoms with van der Waals surface area (Å²) < 4.78 is 29.6. The maximum Gasteiger partial charge on any atom is 0.320 e. The lowest BCUT2D eigenvalue weighted by Crippen LogP contribution is -2.39. The van der Waals surface area contributed by atoms with Gasteiger partial charge < -0.3 is 23.7 Å². The summed E-state index contributed by atoms with van der Waals surface area (Å²) in [6.45, 7) is 0.646. The molecule has 0 amide bonds. The zero-order chi connectivity index (χ0) is 26.5. The standard InChI is InChI=1S/C30H30N2O6/c1-32(2)17-29(33)38-30-25-16-23(35-18-21-12-11-20-7-4-5-10-26(20)31-21)13-14-27(25)36-19-28(30)37-24-9-6-8-22(15-24)34-3/h4-16,28,30H,17-19H2,1-3H3/t28-,30+/m0/s1. The molecule has 1 aromatic heterocycles. The van der Waals surface area contributed by atoms with E-state index in [0.29, 0.717) is 35.2 Å². The van der Waals surface area contributed by atoms with Crippen LogP contribution in [0.3, 0.4) is 0 Å². The molecule has 0 radical (unpaired) electrons. The van der Waals surface area contributed by atoms with Gasteiger partial charge in [-0.05, 0) is 56.6 Å². The number of ether oxygens (including phenoxy) is 5. The molecule has 0 saturated heterocycles. The average Bonchev–Trinajstić information content (AvgIpc) is 2.92. The smallest absolute Gasteiger partial charge is 0.320 e. The molecule has 5 rings (SSSR count). The molecule has 3 aromatic carbocycles. The quantitative estimate of drug-likeness (QED) is 0.295. The summed E-state index contributed by atoms with van der Waals surface area (Å²) in [5.74, 6) is 2.12. The van der Waals surface area contributed by atoms with Crippen LogP contribution in [0.1, 0.15) is 17.4 Å². The lowest BCUT2D eigenvalue weighted by molar-refractivity contribution is -0.157. The van der Waals surface area contributed by atoms with E-state index in [1.165, 1.54) is 0 Å². The number of aromatic nitrogens is 1. The highest BCUT2D eigenvalue weighted by Crippen LogP contribution is 2.39. The Kier molecular flexibility index (Phi) is 7.60. The van der Waals surface area contributed by atoms with E-state index in [-0.39, 0.29) is 19.1 Å². The highest BCUT2D eigenvalue weighted by molar-refractivity contribution is 5.78. The monoisotopic (exact) mass is 514 g/mol. The van der Waals surface area contributed by atoms with Crippen molar-refractivity contribution in [2.75, 3.05) is 34.4 Å². The van der Waals surface area contributed by atoms with Crippen LogP contribution in [0, 0.1) is 0 Å². The highest BCUT2D eigenvalue weighted by atomic mass is 16.6. The van der Waals surface area contributed by atoms with E-state index >= 15 is 0 Å². The van der Waals surface area contributed by atoms with E-state index < -0.39 is 12.2 Å². The normalized spacial score (nSPS) is 16.4. The van der Waals surface area contributed by atoms with Gasteiger partial charge in [0.15, 0.2) is 12.2 Å². The third-order valence-corrected chi connectivity index (χ3v) is 6.10. The van der Waals surface area contributed by atoms with Crippen LogP contribution in [0.4, 0.5) is 0 Å². The Morgan fingerprint density at radius 2 is 1.82 bits per heavy atom. The molecule has 0 aliphatic carbocycles. The van der Waals surface area contributed by atoms with Gasteiger partial charge >= 0.3 is 5.97 Å². The predicted molar refractivity (Wildman–Crippen MR) is 143 cm³/mol. The third-order valence-electron chi connectivity index (χ3n) is 6.10. The van der Waals surface area contributed by atoms with Crippen LogP contribution in [-0.2, 0) is 16.1 Å². The summed E-state index contributed by atoms with van der Waals surface area (Å²) in [4.78, 5) is 19.2. The fourth-order valence-corrected chi connectivity index (χ4v) is 4.30. The summed E-state index contributed by atoms with van der Waals surface area (Å²) in [6.07, 6.45) is -1.27. The molecule has 0 N–H and O–H groups in total. The number of pyridine rings is 1. The molecule has 8 heteroatoms. The first kappa shape index (κ1) is 25.4. The number of rotatable bonds is 9. The van der Waals surface area contributed by atoms with Gasteiger partial charge in [-0.15, -0.1) is 0 Å². The number of nitrogens with zero attached hydrogens (tertiary/aromatic N) is 2. The molecule has 196 valence electrons. The van der Waals surface area contributed by atoms with E-state index in [1.807, 2.05) is 86.9 Å². The second-order valence-electron chi connectivity index (χ2n) is 9.28. The van der Waals surface area contributed by atoms with Gasteiger partial charge in [-0.25, -0.2) is 4.98 Å². The Bertz CT molecular complexity index is 1420. The number of benzene rings is 3. The molecule has 1 aliphatic rings. The van der Waals surface area contributed by atoms with Crippen LogP contribution in [0.25, 0.3) is 10.9 Å². The molecule has 4 aromatic rings.